The van der Waals surface area contributed by atoms with Gasteiger partial charge in [-0.25, -0.2) is 13.2 Å². The van der Waals surface area contributed by atoms with E-state index in [2.05, 4.69) is 5.32 Å². The average molecular weight is 412 g/mol. The van der Waals surface area contributed by atoms with Crippen molar-refractivity contribution in [2.75, 3.05) is 23.9 Å². The van der Waals surface area contributed by atoms with Crippen LogP contribution in [0.5, 0.6) is 0 Å². The van der Waals surface area contributed by atoms with Gasteiger partial charge in [-0.2, -0.15) is 0 Å². The van der Waals surface area contributed by atoms with Gasteiger partial charge in [0.05, 0.1) is 15.5 Å². The number of esters is 1. The molecule has 0 bridgehead atoms. The Balaban J connectivity index is 1.61. The maximum absolute atomic E-state index is 12.4. The molecule has 3 rings (SSSR count). The summed E-state index contributed by atoms with van der Waals surface area (Å²) in [6.45, 7) is 1.36. The van der Waals surface area contributed by atoms with Gasteiger partial charge in [-0.3, -0.25) is 9.59 Å². The predicted octanol–water partition coefficient (Wildman–Crippen LogP) is 1.03. The number of para-hydroxylation sites is 1. The fourth-order valence-corrected chi connectivity index (χ4v) is 5.57. The molecule has 0 radical (unpaired) electrons. The molecule has 2 atom stereocenters. The number of carbonyl (C=O) groups excluding carboxylic acids is 3. The number of nitrogens with one attached hydrogen (secondary N) is 1. The van der Waals surface area contributed by atoms with Crippen LogP contribution in [0.2, 0.25) is 0 Å². The Morgan fingerprint density at radius 1 is 1.37 bits per heavy atom. The number of carbonyl (C=O) groups is 3. The molecule has 2 aliphatic heterocycles. The molecule has 27 heavy (non-hydrogen) atoms. The summed E-state index contributed by atoms with van der Waals surface area (Å²) < 4.78 is 28.6. The summed E-state index contributed by atoms with van der Waals surface area (Å²) in [5, 5.41) is 2.44. The van der Waals surface area contributed by atoms with Gasteiger partial charge in [0.1, 0.15) is 6.04 Å². The van der Waals surface area contributed by atoms with Gasteiger partial charge >= 0.3 is 5.97 Å². The summed E-state index contributed by atoms with van der Waals surface area (Å²) >= 11 is 1.53. The zero-order chi connectivity index (χ0) is 19.8. The molecule has 0 aliphatic carbocycles. The number of benzene rings is 1. The van der Waals surface area contributed by atoms with E-state index in [4.69, 9.17) is 4.74 Å². The van der Waals surface area contributed by atoms with E-state index in [1.165, 1.54) is 23.9 Å². The number of fused-ring (bicyclic) bond motifs is 1. The van der Waals surface area contributed by atoms with Crippen LogP contribution in [0.15, 0.2) is 29.2 Å². The molecule has 2 heterocycles. The number of ether oxygens (including phenoxy) is 1. The second-order valence-electron chi connectivity index (χ2n) is 6.69. The molecule has 2 aliphatic rings. The van der Waals surface area contributed by atoms with E-state index in [-0.39, 0.29) is 16.5 Å². The minimum atomic E-state index is -3.52. The van der Waals surface area contributed by atoms with Crippen molar-refractivity contribution in [1.82, 2.24) is 4.90 Å². The number of nitrogens with zero attached hydrogens (tertiary/aromatic N) is 1. The van der Waals surface area contributed by atoms with E-state index in [0.29, 0.717) is 18.6 Å². The third-order valence-electron chi connectivity index (χ3n) is 4.62. The Labute approximate surface area is 161 Å². The first-order valence-corrected chi connectivity index (χ1v) is 11.2. The lowest BCUT2D eigenvalue weighted by Gasteiger charge is -2.29. The zero-order valence-electron chi connectivity index (χ0n) is 14.9. The quantitative estimate of drug-likeness (QED) is 0.719. The Morgan fingerprint density at radius 2 is 2.07 bits per heavy atom. The summed E-state index contributed by atoms with van der Waals surface area (Å²) in [6.07, 6.45) is 2.12. The lowest BCUT2D eigenvalue weighted by atomic mass is 10.2. The van der Waals surface area contributed by atoms with Crippen LogP contribution in [0.1, 0.15) is 19.8 Å². The molecule has 0 aromatic heterocycles. The zero-order valence-corrected chi connectivity index (χ0v) is 16.6. The van der Waals surface area contributed by atoms with E-state index < -0.39 is 39.2 Å². The molecule has 0 unspecified atom stereocenters. The summed E-state index contributed by atoms with van der Waals surface area (Å²) in [7, 11) is -3.52. The van der Waals surface area contributed by atoms with Crippen LogP contribution in [-0.4, -0.2) is 60.6 Å². The lowest BCUT2D eigenvalue weighted by Crippen LogP contribution is -2.47. The summed E-state index contributed by atoms with van der Waals surface area (Å²) in [4.78, 5) is 37.6. The average Bonchev–Trinajstić information content (AvgIpc) is 3.08. The van der Waals surface area contributed by atoms with Crippen molar-refractivity contribution in [3.8, 4) is 0 Å². The lowest BCUT2D eigenvalue weighted by molar-refractivity contribution is -0.155. The third-order valence-corrected chi connectivity index (χ3v) is 7.28. The highest BCUT2D eigenvalue weighted by Crippen LogP contribution is 2.47. The molecule has 1 aromatic carbocycles. The first-order valence-electron chi connectivity index (χ1n) is 8.33. The number of hydrogen-bond donors (Lipinski definition) is 1. The highest BCUT2D eigenvalue weighted by molar-refractivity contribution is 8.01. The highest BCUT2D eigenvalue weighted by Gasteiger charge is 2.53. The highest BCUT2D eigenvalue weighted by atomic mass is 32.2. The second kappa shape index (κ2) is 7.16. The van der Waals surface area contributed by atoms with Crippen molar-refractivity contribution in [2.45, 2.75) is 35.6 Å². The van der Waals surface area contributed by atoms with E-state index >= 15 is 0 Å². The van der Waals surface area contributed by atoms with Crippen molar-refractivity contribution in [3.05, 3.63) is 24.3 Å². The number of rotatable bonds is 5. The van der Waals surface area contributed by atoms with Crippen LogP contribution in [0, 0.1) is 0 Å². The molecule has 2 fully saturated rings. The van der Waals surface area contributed by atoms with Gasteiger partial charge in [0.2, 0.25) is 5.91 Å². The van der Waals surface area contributed by atoms with Crippen LogP contribution in [-0.2, 0) is 29.0 Å². The fourth-order valence-electron chi connectivity index (χ4n) is 3.31. The van der Waals surface area contributed by atoms with Gasteiger partial charge in [0.25, 0.3) is 5.91 Å². The normalized spacial score (nSPS) is 24.6. The minimum Gasteiger partial charge on any atom is -0.454 e. The van der Waals surface area contributed by atoms with Crippen LogP contribution in [0.3, 0.4) is 0 Å². The Morgan fingerprint density at radius 3 is 2.78 bits per heavy atom. The van der Waals surface area contributed by atoms with Crippen molar-refractivity contribution >= 4 is 45.1 Å². The molecular formula is C17H20N2O6S2. The van der Waals surface area contributed by atoms with E-state index in [9.17, 15) is 22.8 Å². The molecule has 2 amide bonds. The van der Waals surface area contributed by atoms with E-state index in [1.807, 2.05) is 6.92 Å². The number of amides is 2. The van der Waals surface area contributed by atoms with Crippen molar-refractivity contribution in [1.29, 1.82) is 0 Å². The van der Waals surface area contributed by atoms with Crippen molar-refractivity contribution in [2.24, 2.45) is 0 Å². The number of sulfone groups is 1. The van der Waals surface area contributed by atoms with Crippen LogP contribution >= 0.6 is 11.8 Å². The van der Waals surface area contributed by atoms with Gasteiger partial charge in [0.15, 0.2) is 16.4 Å². The van der Waals surface area contributed by atoms with Gasteiger partial charge in [-0.05, 0) is 25.5 Å². The molecule has 146 valence electrons. The van der Waals surface area contributed by atoms with Crippen molar-refractivity contribution < 1.29 is 27.5 Å². The van der Waals surface area contributed by atoms with Crippen LogP contribution in [0.4, 0.5) is 5.69 Å². The largest absolute Gasteiger partial charge is 0.454 e. The minimum absolute atomic E-state index is 0.0182. The summed E-state index contributed by atoms with van der Waals surface area (Å²) in [5.74, 6) is -0.941. The topological polar surface area (TPSA) is 110 Å². The molecule has 1 aromatic rings. The standard InChI is InChI=1S/C17H20N2O6S2/c1-17-8-7-15(21)19(17)12(10-26-17)16(22)25-9-14(20)18-11-5-3-4-6-13(11)27(2,23)24/h3-6,12H,7-10H2,1-2H3,(H,18,20)/t12-,17+/m0/s1. The van der Waals surface area contributed by atoms with Gasteiger partial charge in [-0.15, -0.1) is 11.8 Å². The van der Waals surface area contributed by atoms with Crippen LogP contribution in [0.25, 0.3) is 0 Å². The van der Waals surface area contributed by atoms with Gasteiger partial charge < -0.3 is 15.0 Å². The number of hydrogen-bond acceptors (Lipinski definition) is 7. The maximum atomic E-state index is 12.4. The molecule has 0 spiro atoms. The number of thioether (sulfide) groups is 1. The molecule has 1 N–H and O–H groups in total. The molecule has 0 saturated carbocycles. The molecule has 10 heteroatoms. The number of anilines is 1. The Bertz CT molecular complexity index is 900. The van der Waals surface area contributed by atoms with Gasteiger partial charge in [0, 0.05) is 18.4 Å². The smallest absolute Gasteiger partial charge is 0.330 e. The summed E-state index contributed by atoms with van der Waals surface area (Å²) in [6, 6.07) is 5.27. The van der Waals surface area contributed by atoms with E-state index in [0.717, 1.165) is 6.26 Å². The monoisotopic (exact) mass is 412 g/mol. The molecular weight excluding hydrogens is 392 g/mol. The van der Waals surface area contributed by atoms with Gasteiger partial charge in [-0.1, -0.05) is 12.1 Å². The van der Waals surface area contributed by atoms with E-state index in [1.54, 1.807) is 17.0 Å². The summed E-state index contributed by atoms with van der Waals surface area (Å²) in [5.41, 5.74) is 0.125. The Hall–Kier alpha value is -2.07. The van der Waals surface area contributed by atoms with Crippen LogP contribution < -0.4 is 5.32 Å². The SMILES string of the molecule is C[C@@]12CCC(=O)N1[C@H](C(=O)OCC(=O)Nc1ccccc1S(C)(=O)=O)CS2. The Kier molecular flexibility index (Phi) is 5.22. The third kappa shape index (κ3) is 3.96. The fraction of sp³-hybridized carbons (Fsp3) is 0.471. The molecule has 2 saturated heterocycles. The molecule has 8 nitrogen and oxygen atoms in total. The second-order valence-corrected chi connectivity index (χ2v) is 10.2. The van der Waals surface area contributed by atoms with Crippen molar-refractivity contribution in [3.63, 3.8) is 0 Å². The maximum Gasteiger partial charge on any atom is 0.330 e. The predicted molar refractivity (Wildman–Crippen MR) is 99.9 cm³/mol. The first kappa shape index (κ1) is 19.7. The first-order chi connectivity index (χ1) is 12.6.